The van der Waals surface area contributed by atoms with E-state index in [1.165, 1.54) is 7.11 Å². The molecule has 0 fully saturated rings. The average Bonchev–Trinajstić information content (AvgIpc) is 2.92. The van der Waals surface area contributed by atoms with Gasteiger partial charge in [-0.05, 0) is 26.2 Å². The van der Waals surface area contributed by atoms with Crippen molar-refractivity contribution in [3.63, 3.8) is 0 Å². The molecule has 2 N–H and O–H groups in total. The molecule has 1 heterocycles. The van der Waals surface area contributed by atoms with Gasteiger partial charge in [0.15, 0.2) is 0 Å². The number of ether oxygens (including phenoxy) is 1. The van der Waals surface area contributed by atoms with E-state index >= 15 is 0 Å². The van der Waals surface area contributed by atoms with Gasteiger partial charge in [0.05, 0.1) is 18.9 Å². The molecule has 7 nitrogen and oxygen atoms in total. The first-order chi connectivity index (χ1) is 9.56. The van der Waals surface area contributed by atoms with E-state index in [0.717, 1.165) is 5.76 Å². The molecule has 0 saturated heterocycles. The van der Waals surface area contributed by atoms with Gasteiger partial charge in [-0.2, -0.15) is 0 Å². The molecule has 112 valence electrons. The van der Waals surface area contributed by atoms with E-state index in [0.29, 0.717) is 13.2 Å². The summed E-state index contributed by atoms with van der Waals surface area (Å²) in [6.07, 6.45) is 1.57. The first-order valence-electron chi connectivity index (χ1n) is 6.31. The number of methoxy groups -OCH3 is 1. The van der Waals surface area contributed by atoms with Crippen molar-refractivity contribution >= 4 is 11.8 Å². The summed E-state index contributed by atoms with van der Waals surface area (Å²) in [6, 6.07) is 3.49. The van der Waals surface area contributed by atoms with Gasteiger partial charge in [0.25, 0.3) is 0 Å². The van der Waals surface area contributed by atoms with Crippen LogP contribution in [-0.4, -0.2) is 57.6 Å². The van der Waals surface area contributed by atoms with Gasteiger partial charge in [-0.1, -0.05) is 0 Å². The maximum atomic E-state index is 11.6. The molecule has 1 unspecified atom stereocenters. The number of furan rings is 1. The Bertz CT molecular complexity index is 417. The molecule has 1 aromatic heterocycles. The highest BCUT2D eigenvalue weighted by molar-refractivity contribution is 6.35. The molecule has 0 aromatic carbocycles. The van der Waals surface area contributed by atoms with Crippen LogP contribution < -0.4 is 10.6 Å². The summed E-state index contributed by atoms with van der Waals surface area (Å²) in [4.78, 5) is 25.0. The van der Waals surface area contributed by atoms with Gasteiger partial charge in [-0.15, -0.1) is 0 Å². The van der Waals surface area contributed by atoms with Crippen molar-refractivity contribution in [2.24, 2.45) is 0 Å². The maximum absolute atomic E-state index is 11.6. The number of amides is 2. The lowest BCUT2D eigenvalue weighted by Gasteiger charge is -2.22. The van der Waals surface area contributed by atoms with Gasteiger partial charge in [-0.25, -0.2) is 0 Å². The van der Waals surface area contributed by atoms with Crippen molar-refractivity contribution in [2.75, 3.05) is 40.9 Å². The third kappa shape index (κ3) is 5.02. The van der Waals surface area contributed by atoms with Crippen molar-refractivity contribution in [1.29, 1.82) is 0 Å². The normalized spacial score (nSPS) is 12.2. The molecule has 0 aliphatic heterocycles. The fraction of sp³-hybridized carbons (Fsp3) is 0.538. The molecule has 0 spiro atoms. The largest absolute Gasteiger partial charge is 0.468 e. The highest BCUT2D eigenvalue weighted by Gasteiger charge is 2.20. The lowest BCUT2D eigenvalue weighted by Crippen LogP contribution is -2.43. The number of hydrogen-bond acceptors (Lipinski definition) is 5. The number of carbonyl (C=O) groups is 2. The monoisotopic (exact) mass is 283 g/mol. The van der Waals surface area contributed by atoms with Gasteiger partial charge in [-0.3, -0.25) is 14.5 Å². The predicted molar refractivity (Wildman–Crippen MR) is 73.0 cm³/mol. The molecule has 1 aromatic rings. The molecule has 2 amide bonds. The minimum Gasteiger partial charge on any atom is -0.468 e. The van der Waals surface area contributed by atoms with Crippen LogP contribution in [0.3, 0.4) is 0 Å². The van der Waals surface area contributed by atoms with Crippen molar-refractivity contribution in [1.82, 2.24) is 15.5 Å². The second kappa shape index (κ2) is 8.34. The van der Waals surface area contributed by atoms with Crippen molar-refractivity contribution in [3.8, 4) is 0 Å². The Morgan fingerprint density at radius 3 is 2.60 bits per heavy atom. The minimum absolute atomic E-state index is 0.124. The maximum Gasteiger partial charge on any atom is 0.309 e. The minimum atomic E-state index is -0.668. The zero-order valence-corrected chi connectivity index (χ0v) is 12.0. The highest BCUT2D eigenvalue weighted by Crippen LogP contribution is 2.17. The van der Waals surface area contributed by atoms with Gasteiger partial charge >= 0.3 is 11.8 Å². The van der Waals surface area contributed by atoms with Crippen LogP contribution in [0.5, 0.6) is 0 Å². The topological polar surface area (TPSA) is 83.8 Å². The molecule has 1 rings (SSSR count). The number of rotatable bonds is 7. The average molecular weight is 283 g/mol. The molecule has 0 bridgehead atoms. The number of likely N-dealkylation sites (N-methyl/N-ethyl adjacent to an activating group) is 1. The van der Waals surface area contributed by atoms with E-state index in [9.17, 15) is 9.59 Å². The predicted octanol–water partition coefficient (Wildman–Crippen LogP) is -0.239. The molecule has 0 aliphatic carbocycles. The first-order valence-corrected chi connectivity index (χ1v) is 6.31. The molecular formula is C13H21N3O4. The standard InChI is InChI=1S/C13H21N3O4/c1-16(2)10(11-5-4-7-20-11)9-15-13(18)12(17)14-6-8-19-3/h4-5,7,10H,6,8-9H2,1-3H3,(H,14,17)(H,15,18). The molecule has 1 atom stereocenters. The summed E-state index contributed by atoms with van der Waals surface area (Å²) in [5.74, 6) is -0.603. The van der Waals surface area contributed by atoms with Crippen molar-refractivity contribution in [3.05, 3.63) is 24.2 Å². The van der Waals surface area contributed by atoms with E-state index in [2.05, 4.69) is 10.6 Å². The summed E-state index contributed by atoms with van der Waals surface area (Å²) in [5.41, 5.74) is 0. The van der Waals surface area contributed by atoms with Gasteiger partial charge < -0.3 is 19.8 Å². The van der Waals surface area contributed by atoms with Crippen LogP contribution in [0.2, 0.25) is 0 Å². The summed E-state index contributed by atoms with van der Waals surface area (Å²) < 4.78 is 10.1. The van der Waals surface area contributed by atoms with Crippen molar-refractivity contribution in [2.45, 2.75) is 6.04 Å². The second-order valence-corrected chi connectivity index (χ2v) is 4.45. The van der Waals surface area contributed by atoms with Crippen molar-refractivity contribution < 1.29 is 18.7 Å². The van der Waals surface area contributed by atoms with Crippen LogP contribution in [0.1, 0.15) is 11.8 Å². The Kier molecular flexibility index (Phi) is 6.75. The van der Waals surface area contributed by atoms with Gasteiger partial charge in [0.2, 0.25) is 0 Å². The molecule has 7 heteroatoms. The van der Waals surface area contributed by atoms with E-state index in [1.807, 2.05) is 25.1 Å². The van der Waals surface area contributed by atoms with Crippen LogP contribution in [0.4, 0.5) is 0 Å². The molecule has 20 heavy (non-hydrogen) atoms. The Morgan fingerprint density at radius 1 is 1.35 bits per heavy atom. The van der Waals surface area contributed by atoms with E-state index in [-0.39, 0.29) is 12.6 Å². The van der Waals surface area contributed by atoms with Gasteiger partial charge in [0.1, 0.15) is 5.76 Å². The number of nitrogens with one attached hydrogen (secondary N) is 2. The zero-order chi connectivity index (χ0) is 15.0. The lowest BCUT2D eigenvalue weighted by molar-refractivity contribution is -0.139. The van der Waals surface area contributed by atoms with E-state index in [1.54, 1.807) is 12.3 Å². The molecule has 0 radical (unpaired) electrons. The summed E-state index contributed by atoms with van der Waals surface area (Å²) in [7, 11) is 5.27. The third-order valence-electron chi connectivity index (χ3n) is 2.75. The fourth-order valence-corrected chi connectivity index (χ4v) is 1.64. The molecular weight excluding hydrogens is 262 g/mol. The first kappa shape index (κ1) is 16.2. The lowest BCUT2D eigenvalue weighted by atomic mass is 10.2. The van der Waals surface area contributed by atoms with Crippen LogP contribution in [0.25, 0.3) is 0 Å². The summed E-state index contributed by atoms with van der Waals surface area (Å²) >= 11 is 0. The van der Waals surface area contributed by atoms with E-state index < -0.39 is 11.8 Å². The van der Waals surface area contributed by atoms with Crippen LogP contribution in [0, 0.1) is 0 Å². The zero-order valence-electron chi connectivity index (χ0n) is 12.0. The molecule has 0 aliphatic rings. The molecule has 0 saturated carbocycles. The highest BCUT2D eigenvalue weighted by atomic mass is 16.5. The fourth-order valence-electron chi connectivity index (χ4n) is 1.64. The van der Waals surface area contributed by atoms with Crippen LogP contribution in [-0.2, 0) is 14.3 Å². The summed E-state index contributed by atoms with van der Waals surface area (Å²) in [6.45, 7) is 0.959. The Morgan fingerprint density at radius 2 is 2.05 bits per heavy atom. The quantitative estimate of drug-likeness (QED) is 0.533. The Labute approximate surface area is 118 Å². The van der Waals surface area contributed by atoms with Gasteiger partial charge in [0, 0.05) is 20.2 Å². The number of carbonyl (C=O) groups excluding carboxylic acids is 2. The van der Waals surface area contributed by atoms with E-state index in [4.69, 9.17) is 9.15 Å². The number of hydrogen-bond donors (Lipinski definition) is 2. The second-order valence-electron chi connectivity index (χ2n) is 4.45. The SMILES string of the molecule is COCCNC(=O)C(=O)NCC(c1ccco1)N(C)C. The Balaban J connectivity index is 2.43. The summed E-state index contributed by atoms with van der Waals surface area (Å²) in [5, 5.41) is 5.04. The Hall–Kier alpha value is -1.86. The van der Waals surface area contributed by atoms with Crippen LogP contribution in [0.15, 0.2) is 22.8 Å². The third-order valence-corrected chi connectivity index (χ3v) is 2.75. The smallest absolute Gasteiger partial charge is 0.309 e. The van der Waals surface area contributed by atoms with Crippen LogP contribution >= 0.6 is 0 Å². The number of nitrogens with zero attached hydrogens (tertiary/aromatic N) is 1.